The number of fused-ring (bicyclic) bond motifs is 1. The zero-order chi connectivity index (χ0) is 16.1. The molecule has 1 aromatic carbocycles. The summed E-state index contributed by atoms with van der Waals surface area (Å²) in [5.74, 6) is -0.683. The monoisotopic (exact) mass is 305 g/mol. The predicted molar refractivity (Wildman–Crippen MR) is 83.4 cm³/mol. The molecule has 2 rings (SSSR count). The fourth-order valence-electron chi connectivity index (χ4n) is 2.24. The van der Waals surface area contributed by atoms with Crippen LogP contribution in [0, 0.1) is 0 Å². The Labute approximate surface area is 127 Å². The van der Waals surface area contributed by atoms with E-state index in [9.17, 15) is 9.59 Å². The first kappa shape index (κ1) is 16.0. The highest BCUT2D eigenvalue weighted by Gasteiger charge is 2.15. The zero-order valence-electron chi connectivity index (χ0n) is 12.7. The molecule has 0 unspecified atom stereocenters. The third-order valence-corrected chi connectivity index (χ3v) is 3.33. The maximum Gasteiger partial charge on any atom is 0.351 e. The maximum atomic E-state index is 11.9. The van der Waals surface area contributed by atoms with Gasteiger partial charge >= 0.3 is 11.6 Å². The van der Waals surface area contributed by atoms with Gasteiger partial charge in [-0.2, -0.15) is 0 Å². The lowest BCUT2D eigenvalue weighted by molar-refractivity contribution is 0.0522. The van der Waals surface area contributed by atoms with Crippen LogP contribution in [0.4, 0.5) is 5.69 Å². The summed E-state index contributed by atoms with van der Waals surface area (Å²) in [4.78, 5) is 25.6. The molecule has 0 radical (unpaired) electrons. The second-order valence-electron chi connectivity index (χ2n) is 4.69. The van der Waals surface area contributed by atoms with Crippen LogP contribution >= 0.6 is 0 Å². The van der Waals surface area contributed by atoms with Crippen molar-refractivity contribution in [1.29, 1.82) is 0 Å². The van der Waals surface area contributed by atoms with Gasteiger partial charge < -0.3 is 19.2 Å². The quantitative estimate of drug-likeness (QED) is 0.647. The second-order valence-corrected chi connectivity index (χ2v) is 4.69. The third-order valence-electron chi connectivity index (χ3n) is 3.33. The number of esters is 1. The van der Waals surface area contributed by atoms with Crippen LogP contribution in [-0.4, -0.2) is 37.4 Å². The number of hydrogen-bond donors (Lipinski definition) is 1. The van der Waals surface area contributed by atoms with E-state index >= 15 is 0 Å². The van der Waals surface area contributed by atoms with E-state index in [1.807, 2.05) is 17.9 Å². The van der Waals surface area contributed by atoms with E-state index < -0.39 is 11.6 Å². The van der Waals surface area contributed by atoms with Crippen LogP contribution in [0.15, 0.2) is 33.5 Å². The van der Waals surface area contributed by atoms with Gasteiger partial charge in [-0.05, 0) is 32.0 Å². The van der Waals surface area contributed by atoms with E-state index in [2.05, 4.69) is 0 Å². The van der Waals surface area contributed by atoms with Gasteiger partial charge in [0.2, 0.25) is 0 Å². The van der Waals surface area contributed by atoms with Crippen LogP contribution in [0.2, 0.25) is 0 Å². The van der Waals surface area contributed by atoms with Crippen LogP contribution in [0.25, 0.3) is 11.0 Å². The van der Waals surface area contributed by atoms with Gasteiger partial charge in [0.15, 0.2) is 0 Å². The number of nitrogens with zero attached hydrogens (tertiary/aromatic N) is 1. The van der Waals surface area contributed by atoms with Gasteiger partial charge in [0.1, 0.15) is 11.1 Å². The van der Waals surface area contributed by atoms with Crippen LogP contribution in [0.3, 0.4) is 0 Å². The molecule has 0 saturated carbocycles. The van der Waals surface area contributed by atoms with Crippen molar-refractivity contribution >= 4 is 22.6 Å². The van der Waals surface area contributed by atoms with Crippen molar-refractivity contribution in [1.82, 2.24) is 0 Å². The van der Waals surface area contributed by atoms with Gasteiger partial charge in [-0.1, -0.05) is 0 Å². The highest BCUT2D eigenvalue weighted by atomic mass is 16.5. The zero-order valence-corrected chi connectivity index (χ0v) is 12.7. The summed E-state index contributed by atoms with van der Waals surface area (Å²) in [6, 6.07) is 6.84. The summed E-state index contributed by atoms with van der Waals surface area (Å²) >= 11 is 0. The number of hydrogen-bond acceptors (Lipinski definition) is 6. The van der Waals surface area contributed by atoms with E-state index in [0.29, 0.717) is 17.5 Å². The minimum atomic E-state index is -0.715. The van der Waals surface area contributed by atoms with Gasteiger partial charge in [0.25, 0.3) is 0 Å². The van der Waals surface area contributed by atoms with Crippen LogP contribution < -0.4 is 10.5 Å². The first-order valence-electron chi connectivity index (χ1n) is 7.21. The molecule has 0 spiro atoms. The number of rotatable bonds is 6. The third kappa shape index (κ3) is 3.28. The number of likely N-dealkylation sites (N-methyl/N-ethyl adjacent to an activating group) is 1. The summed E-state index contributed by atoms with van der Waals surface area (Å²) in [5, 5.41) is 9.71. The van der Waals surface area contributed by atoms with Crippen molar-refractivity contribution in [2.75, 3.05) is 31.2 Å². The smallest absolute Gasteiger partial charge is 0.351 e. The Morgan fingerprint density at radius 2 is 2.09 bits per heavy atom. The Hall–Kier alpha value is -2.34. The Morgan fingerprint density at radius 1 is 1.32 bits per heavy atom. The van der Waals surface area contributed by atoms with Crippen molar-refractivity contribution in [3.05, 3.63) is 40.2 Å². The van der Waals surface area contributed by atoms with E-state index in [1.54, 1.807) is 19.1 Å². The Kier molecular flexibility index (Phi) is 5.16. The van der Waals surface area contributed by atoms with E-state index in [0.717, 1.165) is 12.2 Å². The molecule has 0 atom stereocenters. The SMILES string of the molecule is CCOC(=O)c1cc2ccc(N(CC)CCO)cc2oc1=O. The van der Waals surface area contributed by atoms with Crippen molar-refractivity contribution in [3.63, 3.8) is 0 Å². The average molecular weight is 305 g/mol. The van der Waals surface area contributed by atoms with E-state index in [-0.39, 0.29) is 18.8 Å². The van der Waals surface area contributed by atoms with Crippen molar-refractivity contribution in [3.8, 4) is 0 Å². The number of aliphatic hydroxyl groups is 1. The molecule has 0 fully saturated rings. The largest absolute Gasteiger partial charge is 0.462 e. The molecule has 0 amide bonds. The molecular weight excluding hydrogens is 286 g/mol. The molecule has 1 aromatic heterocycles. The summed E-state index contributed by atoms with van der Waals surface area (Å²) in [6.45, 7) is 5.09. The lowest BCUT2D eigenvalue weighted by atomic mass is 10.1. The Bertz CT molecular complexity index is 722. The topological polar surface area (TPSA) is 80.0 Å². The lowest BCUT2D eigenvalue weighted by Crippen LogP contribution is -2.26. The van der Waals surface area contributed by atoms with Crippen LogP contribution in [-0.2, 0) is 4.74 Å². The minimum absolute atomic E-state index is 0.0393. The molecule has 2 aromatic rings. The molecule has 6 heteroatoms. The number of aliphatic hydroxyl groups excluding tert-OH is 1. The summed E-state index contributed by atoms with van der Waals surface area (Å²) in [5.41, 5.74) is 0.418. The summed E-state index contributed by atoms with van der Waals surface area (Å²) < 4.78 is 10.1. The molecule has 0 aliphatic heterocycles. The fraction of sp³-hybridized carbons (Fsp3) is 0.375. The Morgan fingerprint density at radius 3 is 2.73 bits per heavy atom. The van der Waals surface area contributed by atoms with Crippen LogP contribution in [0.5, 0.6) is 0 Å². The molecule has 0 aliphatic carbocycles. The normalized spacial score (nSPS) is 10.7. The molecule has 6 nitrogen and oxygen atoms in total. The predicted octanol–water partition coefficient (Wildman–Crippen LogP) is 1.79. The number of carbonyl (C=O) groups is 1. The van der Waals surface area contributed by atoms with E-state index in [4.69, 9.17) is 14.3 Å². The molecule has 0 saturated heterocycles. The number of carbonyl (C=O) groups excluding carboxylic acids is 1. The van der Waals surface area contributed by atoms with Crippen LogP contribution in [0.1, 0.15) is 24.2 Å². The first-order chi connectivity index (χ1) is 10.6. The van der Waals surface area contributed by atoms with Crippen molar-refractivity contribution in [2.24, 2.45) is 0 Å². The van der Waals surface area contributed by atoms with Gasteiger partial charge in [0.05, 0.1) is 13.2 Å². The minimum Gasteiger partial charge on any atom is -0.462 e. The Balaban J connectivity index is 2.45. The van der Waals surface area contributed by atoms with E-state index in [1.165, 1.54) is 6.07 Å². The van der Waals surface area contributed by atoms with Crippen molar-refractivity contribution < 1.29 is 19.1 Å². The highest BCUT2D eigenvalue weighted by Crippen LogP contribution is 2.22. The number of benzene rings is 1. The molecule has 22 heavy (non-hydrogen) atoms. The summed E-state index contributed by atoms with van der Waals surface area (Å²) in [6.07, 6.45) is 0. The second kappa shape index (κ2) is 7.09. The first-order valence-corrected chi connectivity index (χ1v) is 7.21. The average Bonchev–Trinajstić information content (AvgIpc) is 2.51. The molecule has 0 aliphatic rings. The fourth-order valence-corrected chi connectivity index (χ4v) is 2.24. The number of anilines is 1. The standard InChI is InChI=1S/C16H19NO5/c1-3-17(7-8-18)12-6-5-11-9-13(15(19)21-4-2)16(20)22-14(11)10-12/h5-6,9-10,18H,3-4,7-8H2,1-2H3. The molecule has 1 N–H and O–H groups in total. The molecular formula is C16H19NO5. The highest BCUT2D eigenvalue weighted by molar-refractivity contribution is 5.93. The van der Waals surface area contributed by atoms with Gasteiger partial charge in [0, 0.05) is 30.2 Å². The number of ether oxygens (including phenoxy) is 1. The van der Waals surface area contributed by atoms with Gasteiger partial charge in [-0.25, -0.2) is 9.59 Å². The molecule has 1 heterocycles. The van der Waals surface area contributed by atoms with Gasteiger partial charge in [-0.15, -0.1) is 0 Å². The molecule has 118 valence electrons. The summed E-state index contributed by atoms with van der Waals surface area (Å²) in [7, 11) is 0. The van der Waals surface area contributed by atoms with Crippen molar-refractivity contribution in [2.45, 2.75) is 13.8 Å². The molecule has 0 bridgehead atoms. The van der Waals surface area contributed by atoms with Gasteiger partial charge in [-0.3, -0.25) is 0 Å². The maximum absolute atomic E-state index is 11.9. The lowest BCUT2D eigenvalue weighted by Gasteiger charge is -2.22.